The number of nitrogens with two attached hydrogens (primary N) is 2. The maximum absolute atomic E-state index is 5.66. The third-order valence-corrected chi connectivity index (χ3v) is 3.69. The van der Waals surface area contributed by atoms with E-state index in [9.17, 15) is 0 Å². The first-order valence-corrected chi connectivity index (χ1v) is 8.13. The summed E-state index contributed by atoms with van der Waals surface area (Å²) in [6.45, 7) is 0. The van der Waals surface area contributed by atoms with Crippen LogP contribution in [-0.4, -0.2) is 25.8 Å². The number of hydrogen-bond donors (Lipinski definition) is 2. The van der Waals surface area contributed by atoms with Crippen LogP contribution >= 0.6 is 24.8 Å². The summed E-state index contributed by atoms with van der Waals surface area (Å²) in [5, 5.41) is 0. The van der Waals surface area contributed by atoms with Crippen LogP contribution in [0, 0.1) is 0 Å². The van der Waals surface area contributed by atoms with Gasteiger partial charge in [-0.25, -0.2) is 0 Å². The van der Waals surface area contributed by atoms with Crippen LogP contribution in [0.25, 0.3) is 0 Å². The first-order valence-electron chi connectivity index (χ1n) is 8.13. The minimum Gasteiger partial charge on any atom is -0.387 e. The van der Waals surface area contributed by atoms with Crippen LogP contribution in [0.15, 0.2) is 9.98 Å². The largest absolute Gasteiger partial charge is 0.387 e. The third kappa shape index (κ3) is 19.5. The number of amidine groups is 2. The first-order chi connectivity index (χ1) is 9.70. The summed E-state index contributed by atoms with van der Waals surface area (Å²) < 4.78 is 0. The zero-order valence-electron chi connectivity index (χ0n) is 14.4. The molecule has 0 aromatic rings. The molecule has 0 heterocycles. The highest BCUT2D eigenvalue weighted by molar-refractivity contribution is 5.85. The lowest BCUT2D eigenvalue weighted by Gasteiger charge is -2.03. The van der Waals surface area contributed by atoms with Gasteiger partial charge in [-0.3, -0.25) is 9.98 Å². The molecule has 0 rings (SSSR count). The van der Waals surface area contributed by atoms with E-state index in [4.69, 9.17) is 11.5 Å². The third-order valence-electron chi connectivity index (χ3n) is 3.69. The predicted octanol–water partition coefficient (Wildman–Crippen LogP) is 4.49. The van der Waals surface area contributed by atoms with Crippen molar-refractivity contribution in [3.8, 4) is 0 Å². The van der Waals surface area contributed by atoms with Gasteiger partial charge in [0.2, 0.25) is 0 Å². The molecule has 0 bridgehead atoms. The summed E-state index contributed by atoms with van der Waals surface area (Å²) >= 11 is 0. The molecule has 0 spiro atoms. The van der Waals surface area contributed by atoms with Crippen molar-refractivity contribution >= 4 is 36.5 Å². The highest BCUT2D eigenvalue weighted by atomic mass is 35.5. The average molecular weight is 355 g/mol. The van der Waals surface area contributed by atoms with Gasteiger partial charge in [0.25, 0.3) is 0 Å². The molecule has 0 radical (unpaired) electrons. The highest BCUT2D eigenvalue weighted by Gasteiger charge is 1.95. The fourth-order valence-corrected chi connectivity index (χ4v) is 2.25. The Kier molecular flexibility index (Phi) is 24.6. The van der Waals surface area contributed by atoms with Gasteiger partial charge in [-0.2, -0.15) is 0 Å². The summed E-state index contributed by atoms with van der Waals surface area (Å²) in [5.41, 5.74) is 11.3. The van der Waals surface area contributed by atoms with Crippen molar-refractivity contribution in [2.45, 2.75) is 77.0 Å². The molecule has 4 nitrogen and oxygen atoms in total. The molecule has 0 aliphatic carbocycles. The number of nitrogens with zero attached hydrogens (tertiary/aromatic N) is 2. The van der Waals surface area contributed by atoms with E-state index in [1.54, 1.807) is 14.1 Å². The Bertz CT molecular complexity index is 253. The Balaban J connectivity index is -0.00000180. The number of halogens is 2. The van der Waals surface area contributed by atoms with Gasteiger partial charge in [0, 0.05) is 26.9 Å². The molecule has 4 N–H and O–H groups in total. The first kappa shape index (κ1) is 26.4. The molecule has 0 saturated heterocycles. The van der Waals surface area contributed by atoms with Crippen LogP contribution < -0.4 is 11.5 Å². The van der Waals surface area contributed by atoms with Crippen LogP contribution in [0.1, 0.15) is 77.0 Å². The second-order valence-corrected chi connectivity index (χ2v) is 5.47. The summed E-state index contributed by atoms with van der Waals surface area (Å²) in [5.74, 6) is 1.58. The molecule has 0 saturated carbocycles. The van der Waals surface area contributed by atoms with Crippen LogP contribution in [0.4, 0.5) is 0 Å². The Hall–Kier alpha value is -0.480. The van der Waals surface area contributed by atoms with Crippen LogP contribution in [-0.2, 0) is 0 Å². The van der Waals surface area contributed by atoms with Crippen LogP contribution in [0.2, 0.25) is 0 Å². The summed E-state index contributed by atoms with van der Waals surface area (Å²) in [6.07, 6.45) is 15.0. The van der Waals surface area contributed by atoms with Gasteiger partial charge >= 0.3 is 0 Å². The minimum absolute atomic E-state index is 0. The van der Waals surface area contributed by atoms with Gasteiger partial charge in [0.05, 0.1) is 11.7 Å². The topological polar surface area (TPSA) is 76.8 Å². The van der Waals surface area contributed by atoms with Crippen LogP contribution in [0.5, 0.6) is 0 Å². The molecule has 0 aliphatic rings. The molecular formula is C16H36Cl2N4. The van der Waals surface area contributed by atoms with E-state index in [0.717, 1.165) is 24.5 Å². The SMILES string of the molecule is CN=C(N)CCCCCCCCCCCCC(N)=NC.Cl.Cl. The Morgan fingerprint density at radius 2 is 0.773 bits per heavy atom. The Morgan fingerprint density at radius 1 is 0.545 bits per heavy atom. The van der Waals surface area contributed by atoms with E-state index < -0.39 is 0 Å². The normalized spacial score (nSPS) is 11.7. The fraction of sp³-hybridized carbons (Fsp3) is 0.875. The number of unbranched alkanes of at least 4 members (excludes halogenated alkanes) is 9. The standard InChI is InChI=1S/C16H34N4.2ClH/c1-19-15(17)13-11-9-7-5-3-4-6-8-10-12-14-16(18)20-2;;/h3-14H2,1-2H3,(H2,17,19)(H2,18,20);2*1H. The predicted molar refractivity (Wildman–Crippen MR) is 105 cm³/mol. The van der Waals surface area contributed by atoms with Crippen molar-refractivity contribution in [3.05, 3.63) is 0 Å². The number of aliphatic imine (C=N–C) groups is 2. The van der Waals surface area contributed by atoms with Gasteiger partial charge < -0.3 is 11.5 Å². The van der Waals surface area contributed by atoms with Crippen LogP contribution in [0.3, 0.4) is 0 Å². The molecule has 0 amide bonds. The zero-order valence-corrected chi connectivity index (χ0v) is 16.0. The second kappa shape index (κ2) is 20.5. The lowest BCUT2D eigenvalue weighted by atomic mass is 10.0. The zero-order chi connectivity index (χ0) is 15.1. The molecule has 0 unspecified atom stereocenters. The van der Waals surface area contributed by atoms with E-state index in [2.05, 4.69) is 9.98 Å². The smallest absolute Gasteiger partial charge is 0.0933 e. The Morgan fingerprint density at radius 3 is 1.00 bits per heavy atom. The van der Waals surface area contributed by atoms with Gasteiger partial charge in [-0.15, -0.1) is 24.8 Å². The second-order valence-electron chi connectivity index (χ2n) is 5.47. The van der Waals surface area contributed by atoms with Crippen molar-refractivity contribution in [2.75, 3.05) is 14.1 Å². The van der Waals surface area contributed by atoms with Gasteiger partial charge in [0.15, 0.2) is 0 Å². The van der Waals surface area contributed by atoms with Crippen molar-refractivity contribution in [3.63, 3.8) is 0 Å². The molecule has 0 aromatic heterocycles. The van der Waals surface area contributed by atoms with Crippen molar-refractivity contribution in [2.24, 2.45) is 21.5 Å². The fourth-order valence-electron chi connectivity index (χ4n) is 2.25. The summed E-state index contributed by atoms with van der Waals surface area (Å²) in [4.78, 5) is 7.93. The molecular weight excluding hydrogens is 319 g/mol. The van der Waals surface area contributed by atoms with Crippen molar-refractivity contribution in [1.82, 2.24) is 0 Å². The van der Waals surface area contributed by atoms with Gasteiger partial charge in [-0.1, -0.05) is 51.4 Å². The van der Waals surface area contributed by atoms with E-state index in [-0.39, 0.29) is 24.8 Å². The molecule has 134 valence electrons. The monoisotopic (exact) mass is 354 g/mol. The average Bonchev–Trinajstić information content (AvgIpc) is 2.47. The highest BCUT2D eigenvalue weighted by Crippen LogP contribution is 2.11. The van der Waals surface area contributed by atoms with E-state index in [1.807, 2.05) is 0 Å². The van der Waals surface area contributed by atoms with Crippen molar-refractivity contribution < 1.29 is 0 Å². The van der Waals surface area contributed by atoms with E-state index in [1.165, 1.54) is 64.2 Å². The van der Waals surface area contributed by atoms with Gasteiger partial charge in [0.1, 0.15) is 0 Å². The van der Waals surface area contributed by atoms with E-state index >= 15 is 0 Å². The molecule has 0 aromatic carbocycles. The maximum atomic E-state index is 5.66. The lowest BCUT2D eigenvalue weighted by Crippen LogP contribution is -2.10. The molecule has 6 heteroatoms. The minimum atomic E-state index is 0. The molecule has 0 aliphatic heterocycles. The van der Waals surface area contributed by atoms with Gasteiger partial charge in [-0.05, 0) is 12.8 Å². The quantitative estimate of drug-likeness (QED) is 0.290. The molecule has 0 fully saturated rings. The van der Waals surface area contributed by atoms with E-state index in [0.29, 0.717) is 0 Å². The number of hydrogen-bond acceptors (Lipinski definition) is 2. The Labute approximate surface area is 149 Å². The number of rotatable bonds is 13. The lowest BCUT2D eigenvalue weighted by molar-refractivity contribution is 0.556. The summed E-state index contributed by atoms with van der Waals surface area (Å²) in [7, 11) is 3.53. The molecule has 22 heavy (non-hydrogen) atoms. The summed E-state index contributed by atoms with van der Waals surface area (Å²) in [6, 6.07) is 0. The van der Waals surface area contributed by atoms with Crippen molar-refractivity contribution in [1.29, 1.82) is 0 Å². The molecule has 0 atom stereocenters. The maximum Gasteiger partial charge on any atom is 0.0933 e.